The van der Waals surface area contributed by atoms with Crippen LogP contribution in [0.2, 0.25) is 0 Å². The van der Waals surface area contributed by atoms with Crippen molar-refractivity contribution >= 4 is 15.9 Å². The van der Waals surface area contributed by atoms with E-state index in [1.807, 2.05) is 6.92 Å². The molecular formula is C17H24F2N2O3S. The Morgan fingerprint density at radius 1 is 1.32 bits per heavy atom. The highest BCUT2D eigenvalue weighted by molar-refractivity contribution is 7.89. The minimum Gasteiger partial charge on any atom is -0.348 e. The Hall–Kier alpha value is -1.54. The number of unbranched alkanes of at least 4 members (excludes halogenated alkanes) is 1. The van der Waals surface area contributed by atoms with Crippen molar-refractivity contribution < 1.29 is 22.0 Å². The van der Waals surface area contributed by atoms with E-state index in [2.05, 4.69) is 5.32 Å². The molecule has 1 aliphatic heterocycles. The zero-order valence-electron chi connectivity index (χ0n) is 14.5. The highest BCUT2D eigenvalue weighted by Crippen LogP contribution is 2.22. The molecule has 1 aromatic rings. The van der Waals surface area contributed by atoms with E-state index in [9.17, 15) is 22.0 Å². The maximum atomic E-state index is 13.4. The van der Waals surface area contributed by atoms with Crippen LogP contribution >= 0.6 is 0 Å². The number of amides is 1. The van der Waals surface area contributed by atoms with E-state index in [0.29, 0.717) is 24.9 Å². The Morgan fingerprint density at radius 3 is 2.60 bits per heavy atom. The molecule has 0 aromatic heterocycles. The van der Waals surface area contributed by atoms with E-state index in [1.54, 1.807) is 6.92 Å². The summed E-state index contributed by atoms with van der Waals surface area (Å²) in [6.07, 6.45) is 2.52. The SMILES string of the molecule is CCCC[C@@H](C(=O)N[C@@H](C)c1ccc(F)c(F)c1)N1CCCS1(=O)=O. The molecule has 0 saturated carbocycles. The summed E-state index contributed by atoms with van der Waals surface area (Å²) in [6.45, 7) is 3.96. The Bertz CT molecular complexity index is 725. The average molecular weight is 374 g/mol. The summed E-state index contributed by atoms with van der Waals surface area (Å²) in [6, 6.07) is 2.12. The molecule has 1 aromatic carbocycles. The molecule has 1 aliphatic rings. The molecule has 25 heavy (non-hydrogen) atoms. The molecule has 1 fully saturated rings. The smallest absolute Gasteiger partial charge is 0.238 e. The maximum absolute atomic E-state index is 13.4. The molecule has 2 atom stereocenters. The molecule has 0 radical (unpaired) electrons. The van der Waals surface area contributed by atoms with E-state index in [-0.39, 0.29) is 5.75 Å². The van der Waals surface area contributed by atoms with E-state index in [1.165, 1.54) is 10.4 Å². The number of sulfonamides is 1. The maximum Gasteiger partial charge on any atom is 0.238 e. The minimum absolute atomic E-state index is 0.0572. The summed E-state index contributed by atoms with van der Waals surface area (Å²) in [5.74, 6) is -2.28. The van der Waals surface area contributed by atoms with Crippen LogP contribution in [-0.2, 0) is 14.8 Å². The number of halogens is 2. The van der Waals surface area contributed by atoms with Gasteiger partial charge in [0.05, 0.1) is 11.8 Å². The Labute approximate surface area is 147 Å². The fourth-order valence-corrected chi connectivity index (χ4v) is 4.71. The predicted molar refractivity (Wildman–Crippen MR) is 91.3 cm³/mol. The van der Waals surface area contributed by atoms with Crippen molar-refractivity contribution in [3.63, 3.8) is 0 Å². The molecule has 1 saturated heterocycles. The second-order valence-electron chi connectivity index (χ2n) is 6.34. The number of benzene rings is 1. The van der Waals surface area contributed by atoms with E-state index in [4.69, 9.17) is 0 Å². The van der Waals surface area contributed by atoms with Gasteiger partial charge < -0.3 is 5.32 Å². The van der Waals surface area contributed by atoms with Crippen LogP contribution in [0.25, 0.3) is 0 Å². The van der Waals surface area contributed by atoms with Crippen LogP contribution in [-0.4, -0.2) is 37.0 Å². The molecule has 0 aliphatic carbocycles. The third-order valence-electron chi connectivity index (χ3n) is 4.42. The number of nitrogens with one attached hydrogen (secondary N) is 1. The number of hydrogen-bond acceptors (Lipinski definition) is 3. The van der Waals surface area contributed by atoms with E-state index < -0.39 is 39.6 Å². The van der Waals surface area contributed by atoms with Crippen molar-refractivity contribution in [3.05, 3.63) is 35.4 Å². The molecule has 1 N–H and O–H groups in total. The van der Waals surface area contributed by atoms with Gasteiger partial charge in [-0.05, 0) is 37.5 Å². The summed E-state index contributed by atoms with van der Waals surface area (Å²) < 4.78 is 52.0. The average Bonchev–Trinajstić information content (AvgIpc) is 2.89. The monoisotopic (exact) mass is 374 g/mol. The Balaban J connectivity index is 2.14. The lowest BCUT2D eigenvalue weighted by atomic mass is 10.1. The van der Waals surface area contributed by atoms with Gasteiger partial charge in [0, 0.05) is 6.54 Å². The topological polar surface area (TPSA) is 66.5 Å². The van der Waals surface area contributed by atoms with Crippen LogP contribution in [0, 0.1) is 11.6 Å². The van der Waals surface area contributed by atoms with Gasteiger partial charge in [0.25, 0.3) is 0 Å². The molecule has 8 heteroatoms. The first kappa shape index (κ1) is 19.8. The van der Waals surface area contributed by atoms with Gasteiger partial charge in [-0.1, -0.05) is 25.8 Å². The molecule has 0 spiro atoms. The van der Waals surface area contributed by atoms with Gasteiger partial charge in [-0.25, -0.2) is 17.2 Å². The third kappa shape index (κ3) is 4.76. The van der Waals surface area contributed by atoms with Crippen LogP contribution in [0.1, 0.15) is 51.1 Å². The van der Waals surface area contributed by atoms with Gasteiger partial charge in [0.2, 0.25) is 15.9 Å². The number of rotatable bonds is 7. The van der Waals surface area contributed by atoms with Crippen LogP contribution < -0.4 is 5.32 Å². The molecule has 2 rings (SSSR count). The van der Waals surface area contributed by atoms with Gasteiger partial charge >= 0.3 is 0 Å². The molecule has 1 amide bonds. The number of carbonyl (C=O) groups is 1. The lowest BCUT2D eigenvalue weighted by molar-refractivity contribution is -0.125. The van der Waals surface area contributed by atoms with E-state index >= 15 is 0 Å². The van der Waals surface area contributed by atoms with Crippen molar-refractivity contribution in [2.75, 3.05) is 12.3 Å². The normalized spacial score (nSPS) is 19.5. The molecule has 140 valence electrons. The Kier molecular flexibility index (Phi) is 6.51. The summed E-state index contributed by atoms with van der Waals surface area (Å²) in [7, 11) is -3.41. The van der Waals surface area contributed by atoms with Crippen molar-refractivity contribution in [3.8, 4) is 0 Å². The number of hydrogen-bond donors (Lipinski definition) is 1. The second-order valence-corrected chi connectivity index (χ2v) is 8.38. The molecule has 5 nitrogen and oxygen atoms in total. The Morgan fingerprint density at radius 2 is 2.04 bits per heavy atom. The quantitative estimate of drug-likeness (QED) is 0.798. The summed E-state index contributed by atoms with van der Waals surface area (Å²) in [5.41, 5.74) is 0.422. The molecule has 0 unspecified atom stereocenters. The van der Waals surface area contributed by atoms with Crippen molar-refractivity contribution in [1.82, 2.24) is 9.62 Å². The lowest BCUT2D eigenvalue weighted by Crippen LogP contribution is -2.48. The molecule has 0 bridgehead atoms. The fraction of sp³-hybridized carbons (Fsp3) is 0.588. The standard InChI is InChI=1S/C17H24F2N2O3S/c1-3-4-6-16(21-9-5-10-25(21,23)24)17(22)20-12(2)13-7-8-14(18)15(19)11-13/h7-8,11-12,16H,3-6,9-10H2,1-2H3,(H,20,22)/t12-,16-/m0/s1. The highest BCUT2D eigenvalue weighted by Gasteiger charge is 2.38. The summed E-state index contributed by atoms with van der Waals surface area (Å²) in [5, 5.41) is 2.73. The van der Waals surface area contributed by atoms with Gasteiger partial charge in [0.1, 0.15) is 6.04 Å². The van der Waals surface area contributed by atoms with Gasteiger partial charge in [-0.15, -0.1) is 0 Å². The first-order valence-electron chi connectivity index (χ1n) is 8.51. The van der Waals surface area contributed by atoms with Crippen LogP contribution in [0.4, 0.5) is 8.78 Å². The van der Waals surface area contributed by atoms with E-state index in [0.717, 1.165) is 25.0 Å². The van der Waals surface area contributed by atoms with Crippen LogP contribution in [0.15, 0.2) is 18.2 Å². The number of nitrogens with zero attached hydrogens (tertiary/aromatic N) is 1. The fourth-order valence-electron chi connectivity index (χ4n) is 2.99. The second kappa shape index (κ2) is 8.23. The van der Waals surface area contributed by atoms with Crippen LogP contribution in [0.3, 0.4) is 0 Å². The molecular weight excluding hydrogens is 350 g/mol. The van der Waals surface area contributed by atoms with Crippen molar-refractivity contribution in [2.24, 2.45) is 0 Å². The van der Waals surface area contributed by atoms with Gasteiger partial charge in [-0.2, -0.15) is 4.31 Å². The van der Waals surface area contributed by atoms with Crippen molar-refractivity contribution in [1.29, 1.82) is 0 Å². The van der Waals surface area contributed by atoms with Crippen LogP contribution in [0.5, 0.6) is 0 Å². The zero-order valence-corrected chi connectivity index (χ0v) is 15.3. The summed E-state index contributed by atoms with van der Waals surface area (Å²) >= 11 is 0. The van der Waals surface area contributed by atoms with Crippen molar-refractivity contribution in [2.45, 2.75) is 51.6 Å². The molecule has 1 heterocycles. The first-order chi connectivity index (χ1) is 11.8. The lowest BCUT2D eigenvalue weighted by Gasteiger charge is -2.27. The number of carbonyl (C=O) groups excluding carboxylic acids is 1. The predicted octanol–water partition coefficient (Wildman–Crippen LogP) is 2.74. The first-order valence-corrected chi connectivity index (χ1v) is 10.1. The minimum atomic E-state index is -3.41. The zero-order chi connectivity index (χ0) is 18.6. The highest BCUT2D eigenvalue weighted by atomic mass is 32.2. The summed E-state index contributed by atoms with van der Waals surface area (Å²) in [4.78, 5) is 12.7. The van der Waals surface area contributed by atoms with Gasteiger partial charge in [-0.3, -0.25) is 4.79 Å². The third-order valence-corrected chi connectivity index (χ3v) is 6.38. The van der Waals surface area contributed by atoms with Gasteiger partial charge in [0.15, 0.2) is 11.6 Å². The largest absolute Gasteiger partial charge is 0.348 e.